The Kier molecular flexibility index (Phi) is 3.70. The molecule has 0 amide bonds. The van der Waals surface area contributed by atoms with E-state index in [0.29, 0.717) is 27.9 Å². The maximum absolute atomic E-state index is 12.7. The Bertz CT molecular complexity index is 826. The molecule has 3 rings (SSSR count). The summed E-state index contributed by atoms with van der Waals surface area (Å²) in [6.45, 7) is 1.75. The second-order valence-electron chi connectivity index (χ2n) is 5.55. The summed E-state index contributed by atoms with van der Waals surface area (Å²) in [7, 11) is 0. The minimum absolute atomic E-state index is 0.175. The van der Waals surface area contributed by atoms with Crippen molar-refractivity contribution < 1.29 is 19.5 Å². The molecule has 23 heavy (non-hydrogen) atoms. The number of hydrogen-bond donors (Lipinski definition) is 2. The Balaban J connectivity index is 2.02. The van der Waals surface area contributed by atoms with Gasteiger partial charge in [0, 0.05) is 28.9 Å². The van der Waals surface area contributed by atoms with Gasteiger partial charge in [-0.1, -0.05) is 43.3 Å². The van der Waals surface area contributed by atoms with Crippen LogP contribution in [0.5, 0.6) is 0 Å². The zero-order chi connectivity index (χ0) is 16.6. The van der Waals surface area contributed by atoms with E-state index in [-0.39, 0.29) is 18.1 Å². The van der Waals surface area contributed by atoms with E-state index < -0.39 is 11.9 Å². The highest BCUT2D eigenvalue weighted by Crippen LogP contribution is 2.31. The first-order valence-electron chi connectivity index (χ1n) is 7.29. The fourth-order valence-electron chi connectivity index (χ4n) is 2.64. The fourth-order valence-corrected chi connectivity index (χ4v) is 2.64. The van der Waals surface area contributed by atoms with Crippen molar-refractivity contribution in [2.45, 2.75) is 6.92 Å². The Labute approximate surface area is 133 Å². The van der Waals surface area contributed by atoms with Gasteiger partial charge in [0.15, 0.2) is 11.6 Å². The monoisotopic (exact) mass is 309 g/mol. The van der Waals surface area contributed by atoms with Crippen molar-refractivity contribution in [3.05, 3.63) is 64.7 Å². The molecule has 0 saturated heterocycles. The number of aliphatic carboxylic acids is 1. The van der Waals surface area contributed by atoms with Crippen LogP contribution in [0.4, 0.5) is 5.69 Å². The molecule has 2 aromatic carbocycles. The van der Waals surface area contributed by atoms with Gasteiger partial charge >= 0.3 is 5.97 Å². The van der Waals surface area contributed by atoms with E-state index in [1.807, 2.05) is 0 Å². The Morgan fingerprint density at radius 3 is 2.26 bits per heavy atom. The van der Waals surface area contributed by atoms with E-state index in [4.69, 9.17) is 5.11 Å². The fraction of sp³-hybridized carbons (Fsp3) is 0.167. The predicted molar refractivity (Wildman–Crippen MR) is 85.0 cm³/mol. The highest BCUT2D eigenvalue weighted by atomic mass is 16.4. The Morgan fingerprint density at radius 2 is 1.61 bits per heavy atom. The molecule has 2 N–H and O–H groups in total. The van der Waals surface area contributed by atoms with E-state index in [1.54, 1.807) is 49.4 Å². The highest BCUT2D eigenvalue weighted by Gasteiger charge is 2.31. The molecule has 0 bridgehead atoms. The average molecular weight is 309 g/mol. The summed E-state index contributed by atoms with van der Waals surface area (Å²) in [4.78, 5) is 36.3. The molecule has 2 aromatic rings. The van der Waals surface area contributed by atoms with Crippen LogP contribution >= 0.6 is 0 Å². The molecule has 0 saturated carbocycles. The molecule has 116 valence electrons. The zero-order valence-corrected chi connectivity index (χ0v) is 12.5. The van der Waals surface area contributed by atoms with Crippen LogP contribution in [0.2, 0.25) is 0 Å². The SMILES string of the molecule is CC(CNc1cccc2c1C(=O)c1ccccc1C2=O)C(=O)O. The van der Waals surface area contributed by atoms with Gasteiger partial charge in [-0.15, -0.1) is 0 Å². The first-order valence-corrected chi connectivity index (χ1v) is 7.29. The minimum Gasteiger partial charge on any atom is -0.481 e. The summed E-state index contributed by atoms with van der Waals surface area (Å²) in [5, 5.41) is 11.9. The molecular formula is C18H15NO4. The summed E-state index contributed by atoms with van der Waals surface area (Å²) in [6.07, 6.45) is 0. The lowest BCUT2D eigenvalue weighted by Gasteiger charge is -2.21. The number of benzene rings is 2. The molecule has 0 aliphatic heterocycles. The maximum Gasteiger partial charge on any atom is 0.308 e. The van der Waals surface area contributed by atoms with Gasteiger partial charge in [0.25, 0.3) is 0 Å². The van der Waals surface area contributed by atoms with Gasteiger partial charge in [-0.05, 0) is 6.07 Å². The number of hydrogen-bond acceptors (Lipinski definition) is 4. The van der Waals surface area contributed by atoms with Crippen molar-refractivity contribution in [1.82, 2.24) is 0 Å². The number of anilines is 1. The minimum atomic E-state index is -0.921. The third kappa shape index (κ3) is 2.50. The number of carboxylic acids is 1. The van der Waals surface area contributed by atoms with E-state index in [2.05, 4.69) is 5.32 Å². The summed E-state index contributed by atoms with van der Waals surface area (Å²) < 4.78 is 0. The average Bonchev–Trinajstić information content (AvgIpc) is 2.57. The van der Waals surface area contributed by atoms with Gasteiger partial charge in [0.05, 0.1) is 11.5 Å². The highest BCUT2D eigenvalue weighted by molar-refractivity contribution is 6.30. The van der Waals surface area contributed by atoms with Crippen LogP contribution in [0, 0.1) is 5.92 Å². The number of carbonyl (C=O) groups excluding carboxylic acids is 2. The molecule has 5 heteroatoms. The van der Waals surface area contributed by atoms with E-state index in [1.165, 1.54) is 0 Å². The Hall–Kier alpha value is -2.95. The van der Waals surface area contributed by atoms with Crippen molar-refractivity contribution in [1.29, 1.82) is 0 Å². The van der Waals surface area contributed by atoms with Crippen LogP contribution in [0.25, 0.3) is 0 Å². The quantitative estimate of drug-likeness (QED) is 0.774. The zero-order valence-electron chi connectivity index (χ0n) is 12.5. The molecule has 0 fully saturated rings. The lowest BCUT2D eigenvalue weighted by molar-refractivity contribution is -0.140. The smallest absolute Gasteiger partial charge is 0.308 e. The van der Waals surface area contributed by atoms with Crippen LogP contribution in [-0.2, 0) is 4.79 Å². The second kappa shape index (κ2) is 5.68. The molecule has 0 heterocycles. The van der Waals surface area contributed by atoms with Crippen LogP contribution in [0.15, 0.2) is 42.5 Å². The van der Waals surface area contributed by atoms with Gasteiger partial charge in [0.2, 0.25) is 0 Å². The molecule has 0 radical (unpaired) electrons. The number of carboxylic acid groups (broad SMARTS) is 1. The van der Waals surface area contributed by atoms with Crippen molar-refractivity contribution in [2.75, 3.05) is 11.9 Å². The van der Waals surface area contributed by atoms with Gasteiger partial charge in [-0.25, -0.2) is 0 Å². The molecular weight excluding hydrogens is 294 g/mol. The molecule has 1 unspecified atom stereocenters. The van der Waals surface area contributed by atoms with Gasteiger partial charge in [0.1, 0.15) is 0 Å². The number of nitrogens with one attached hydrogen (secondary N) is 1. The van der Waals surface area contributed by atoms with Crippen molar-refractivity contribution in [3.63, 3.8) is 0 Å². The molecule has 1 aliphatic carbocycles. The van der Waals surface area contributed by atoms with Crippen molar-refractivity contribution in [3.8, 4) is 0 Å². The van der Waals surface area contributed by atoms with Gasteiger partial charge in [-0.3, -0.25) is 14.4 Å². The standard InChI is InChI=1S/C18H15NO4/c1-10(18(22)23)9-19-14-8-4-7-13-15(14)17(21)12-6-3-2-5-11(12)16(13)20/h2-8,10,19H,9H2,1H3,(H,22,23). The first kappa shape index (κ1) is 15.0. The van der Waals surface area contributed by atoms with Gasteiger partial charge < -0.3 is 10.4 Å². The summed E-state index contributed by atoms with van der Waals surface area (Å²) >= 11 is 0. The molecule has 1 aliphatic rings. The van der Waals surface area contributed by atoms with Crippen molar-refractivity contribution in [2.24, 2.45) is 5.92 Å². The molecule has 5 nitrogen and oxygen atoms in total. The largest absolute Gasteiger partial charge is 0.481 e. The third-order valence-electron chi connectivity index (χ3n) is 3.97. The molecule has 0 spiro atoms. The van der Waals surface area contributed by atoms with Gasteiger partial charge in [-0.2, -0.15) is 0 Å². The lowest BCUT2D eigenvalue weighted by atomic mass is 9.83. The summed E-state index contributed by atoms with van der Waals surface area (Å²) in [5.41, 5.74) is 1.94. The van der Waals surface area contributed by atoms with Crippen LogP contribution in [0.3, 0.4) is 0 Å². The number of rotatable bonds is 4. The normalized spacial score (nSPS) is 14.0. The number of fused-ring (bicyclic) bond motifs is 2. The Morgan fingerprint density at radius 1 is 1.00 bits per heavy atom. The number of carbonyl (C=O) groups is 3. The first-order chi connectivity index (χ1) is 11.0. The van der Waals surface area contributed by atoms with Crippen molar-refractivity contribution >= 4 is 23.2 Å². The predicted octanol–water partition coefficient (Wildman–Crippen LogP) is 2.59. The molecule has 0 aromatic heterocycles. The molecule has 1 atom stereocenters. The topological polar surface area (TPSA) is 83.5 Å². The van der Waals surface area contributed by atoms with Crippen LogP contribution < -0.4 is 5.32 Å². The number of ketones is 2. The third-order valence-corrected chi connectivity index (χ3v) is 3.97. The van der Waals surface area contributed by atoms with Crippen LogP contribution in [0.1, 0.15) is 38.8 Å². The maximum atomic E-state index is 12.7. The summed E-state index contributed by atoms with van der Waals surface area (Å²) in [6, 6.07) is 11.7. The van der Waals surface area contributed by atoms with E-state index >= 15 is 0 Å². The summed E-state index contributed by atoms with van der Waals surface area (Å²) in [5.74, 6) is -1.94. The van der Waals surface area contributed by atoms with Crippen LogP contribution in [-0.4, -0.2) is 29.2 Å². The second-order valence-corrected chi connectivity index (χ2v) is 5.55. The lowest BCUT2D eigenvalue weighted by Crippen LogP contribution is -2.24. The van der Waals surface area contributed by atoms with E-state index in [9.17, 15) is 14.4 Å². The van der Waals surface area contributed by atoms with E-state index in [0.717, 1.165) is 0 Å².